The van der Waals surface area contributed by atoms with Gasteiger partial charge in [-0.05, 0) is 36.4 Å². The van der Waals surface area contributed by atoms with E-state index in [4.69, 9.17) is 27.7 Å². The monoisotopic (exact) mass is 466 g/mol. The average Bonchev–Trinajstić information content (AvgIpc) is 3.40. The number of carbonyl (C=O) groups is 1. The third-order valence-electron chi connectivity index (χ3n) is 4.55. The van der Waals surface area contributed by atoms with E-state index < -0.39 is 0 Å². The van der Waals surface area contributed by atoms with Crippen molar-refractivity contribution in [3.8, 4) is 22.8 Å². The number of hydrogen-bond donors (Lipinski definition) is 1. The summed E-state index contributed by atoms with van der Waals surface area (Å²) >= 11 is 13.8. The molecule has 3 aromatic heterocycles. The van der Waals surface area contributed by atoms with Gasteiger partial charge in [-0.1, -0.05) is 46.6 Å². The van der Waals surface area contributed by atoms with Crippen molar-refractivity contribution in [3.63, 3.8) is 0 Å². The highest BCUT2D eigenvalue weighted by atomic mass is 35.5. The van der Waals surface area contributed by atoms with Gasteiger partial charge in [0.2, 0.25) is 5.82 Å². The van der Waals surface area contributed by atoms with Crippen LogP contribution in [0.3, 0.4) is 0 Å². The van der Waals surface area contributed by atoms with Gasteiger partial charge in [0.05, 0.1) is 16.3 Å². The number of para-hydroxylation sites is 1. The Balaban J connectivity index is 1.47. The first-order chi connectivity index (χ1) is 15.1. The van der Waals surface area contributed by atoms with Gasteiger partial charge in [-0.3, -0.25) is 9.78 Å². The standard InChI is InChI=1S/C22H12Cl2N4O2S/c23-13-7-8-15-17(10-13)31-19(18(15)24)21(29)26-16-6-2-1-5-14(16)22-27-20(28-30-22)12-4-3-9-25-11-12/h1-11H,(H,26,29). The molecule has 3 heterocycles. The van der Waals surface area contributed by atoms with Gasteiger partial charge in [0.25, 0.3) is 11.8 Å². The molecular weight excluding hydrogens is 455 g/mol. The van der Waals surface area contributed by atoms with Gasteiger partial charge in [-0.15, -0.1) is 11.3 Å². The second kappa shape index (κ2) is 8.11. The Labute approximate surface area is 190 Å². The van der Waals surface area contributed by atoms with E-state index in [0.29, 0.717) is 32.0 Å². The van der Waals surface area contributed by atoms with Crippen LogP contribution >= 0.6 is 34.5 Å². The van der Waals surface area contributed by atoms with Crippen LogP contribution < -0.4 is 5.32 Å². The van der Waals surface area contributed by atoms with Gasteiger partial charge in [-0.2, -0.15) is 4.98 Å². The molecule has 31 heavy (non-hydrogen) atoms. The molecule has 0 bridgehead atoms. The van der Waals surface area contributed by atoms with E-state index in [1.54, 1.807) is 48.8 Å². The van der Waals surface area contributed by atoms with Crippen LogP contribution in [0.25, 0.3) is 32.9 Å². The fraction of sp³-hybridized carbons (Fsp3) is 0. The maximum atomic E-state index is 13.0. The van der Waals surface area contributed by atoms with Gasteiger partial charge in [0, 0.05) is 33.1 Å². The summed E-state index contributed by atoms with van der Waals surface area (Å²) < 4.78 is 6.28. The first-order valence-corrected chi connectivity index (χ1v) is 10.7. The second-order valence-corrected chi connectivity index (χ2v) is 8.42. The third kappa shape index (κ3) is 3.79. The number of anilines is 1. The van der Waals surface area contributed by atoms with Crippen molar-refractivity contribution >= 4 is 56.2 Å². The Bertz CT molecular complexity index is 1420. The SMILES string of the molecule is O=C(Nc1ccccc1-c1nc(-c2cccnc2)no1)c1sc2cc(Cl)ccc2c1Cl. The highest BCUT2D eigenvalue weighted by Gasteiger charge is 2.20. The molecule has 0 saturated heterocycles. The van der Waals surface area contributed by atoms with E-state index in [-0.39, 0.29) is 11.8 Å². The molecule has 2 aromatic carbocycles. The molecule has 0 atom stereocenters. The van der Waals surface area contributed by atoms with Crippen LogP contribution in [0, 0.1) is 0 Å². The Hall–Kier alpha value is -3.26. The molecule has 1 N–H and O–H groups in total. The number of aromatic nitrogens is 3. The van der Waals surface area contributed by atoms with Crippen molar-refractivity contribution in [2.24, 2.45) is 0 Å². The molecule has 5 aromatic rings. The molecule has 0 aliphatic rings. The van der Waals surface area contributed by atoms with Gasteiger partial charge >= 0.3 is 0 Å². The Morgan fingerprint density at radius 2 is 1.94 bits per heavy atom. The molecule has 0 radical (unpaired) electrons. The maximum Gasteiger partial charge on any atom is 0.267 e. The predicted octanol–water partition coefficient (Wildman–Crippen LogP) is 6.57. The number of amides is 1. The molecule has 1 amide bonds. The zero-order valence-corrected chi connectivity index (χ0v) is 18.0. The molecular formula is C22H12Cl2N4O2S. The molecule has 9 heteroatoms. The lowest BCUT2D eigenvalue weighted by Gasteiger charge is -2.07. The van der Waals surface area contributed by atoms with Crippen LogP contribution in [0.5, 0.6) is 0 Å². The average molecular weight is 467 g/mol. The molecule has 5 rings (SSSR count). The molecule has 0 saturated carbocycles. The Kier molecular flexibility index (Phi) is 5.15. The van der Waals surface area contributed by atoms with Crippen LogP contribution in [0.2, 0.25) is 10.0 Å². The number of pyridine rings is 1. The minimum absolute atomic E-state index is 0.281. The summed E-state index contributed by atoms with van der Waals surface area (Å²) in [4.78, 5) is 21.9. The van der Waals surface area contributed by atoms with E-state index in [2.05, 4.69) is 20.4 Å². The van der Waals surface area contributed by atoms with Gasteiger partial charge in [0.1, 0.15) is 4.88 Å². The van der Waals surface area contributed by atoms with Crippen LogP contribution in [0.1, 0.15) is 9.67 Å². The van der Waals surface area contributed by atoms with Crippen molar-refractivity contribution in [1.29, 1.82) is 0 Å². The fourth-order valence-corrected chi connectivity index (χ4v) is 4.78. The summed E-state index contributed by atoms with van der Waals surface area (Å²) in [5.74, 6) is 0.361. The lowest BCUT2D eigenvalue weighted by molar-refractivity contribution is 0.103. The summed E-state index contributed by atoms with van der Waals surface area (Å²) in [6.45, 7) is 0. The minimum Gasteiger partial charge on any atom is -0.334 e. The largest absolute Gasteiger partial charge is 0.334 e. The van der Waals surface area contributed by atoms with Crippen LogP contribution in [0.15, 0.2) is 71.5 Å². The molecule has 0 aliphatic heterocycles. The van der Waals surface area contributed by atoms with Crippen LogP contribution in [-0.2, 0) is 0 Å². The lowest BCUT2D eigenvalue weighted by atomic mass is 10.1. The molecule has 6 nitrogen and oxygen atoms in total. The number of rotatable bonds is 4. The molecule has 0 fully saturated rings. The van der Waals surface area contributed by atoms with E-state index in [0.717, 1.165) is 15.6 Å². The summed E-state index contributed by atoms with van der Waals surface area (Å²) in [5, 5.41) is 8.69. The number of hydrogen-bond acceptors (Lipinski definition) is 6. The zero-order valence-electron chi connectivity index (χ0n) is 15.7. The van der Waals surface area contributed by atoms with Crippen molar-refractivity contribution < 1.29 is 9.32 Å². The van der Waals surface area contributed by atoms with E-state index in [9.17, 15) is 4.79 Å². The topological polar surface area (TPSA) is 80.9 Å². The van der Waals surface area contributed by atoms with Gasteiger partial charge in [-0.25, -0.2) is 0 Å². The number of benzene rings is 2. The van der Waals surface area contributed by atoms with Crippen molar-refractivity contribution in [1.82, 2.24) is 15.1 Å². The quantitative estimate of drug-likeness (QED) is 0.323. The molecule has 0 spiro atoms. The van der Waals surface area contributed by atoms with E-state index >= 15 is 0 Å². The Morgan fingerprint density at radius 1 is 1.06 bits per heavy atom. The summed E-state index contributed by atoms with van der Waals surface area (Å²) in [7, 11) is 0. The lowest BCUT2D eigenvalue weighted by Crippen LogP contribution is -2.11. The Morgan fingerprint density at radius 3 is 2.77 bits per heavy atom. The summed E-state index contributed by atoms with van der Waals surface area (Å²) in [5.41, 5.74) is 1.86. The summed E-state index contributed by atoms with van der Waals surface area (Å²) in [6.07, 6.45) is 3.32. The highest BCUT2D eigenvalue weighted by molar-refractivity contribution is 7.21. The van der Waals surface area contributed by atoms with E-state index in [1.165, 1.54) is 11.3 Å². The van der Waals surface area contributed by atoms with Gasteiger partial charge in [0.15, 0.2) is 0 Å². The highest BCUT2D eigenvalue weighted by Crippen LogP contribution is 2.37. The number of fused-ring (bicyclic) bond motifs is 1. The van der Waals surface area contributed by atoms with Crippen LogP contribution in [0.4, 0.5) is 5.69 Å². The first kappa shape index (κ1) is 19.7. The number of carbonyl (C=O) groups excluding carboxylic acids is 1. The normalized spacial score (nSPS) is 11.0. The fourth-order valence-electron chi connectivity index (χ4n) is 3.09. The summed E-state index contributed by atoms with van der Waals surface area (Å²) in [6, 6.07) is 16.2. The second-order valence-electron chi connectivity index (χ2n) is 6.55. The molecule has 152 valence electrons. The third-order valence-corrected chi connectivity index (χ3v) is 6.44. The zero-order chi connectivity index (χ0) is 21.4. The van der Waals surface area contributed by atoms with Crippen LogP contribution in [-0.4, -0.2) is 21.0 Å². The molecule has 0 aliphatic carbocycles. The maximum absolute atomic E-state index is 13.0. The first-order valence-electron chi connectivity index (χ1n) is 9.12. The molecule has 0 unspecified atom stereocenters. The van der Waals surface area contributed by atoms with E-state index in [1.807, 2.05) is 18.2 Å². The minimum atomic E-state index is -0.332. The number of halogens is 2. The smallest absolute Gasteiger partial charge is 0.267 e. The number of thiophene rings is 1. The van der Waals surface area contributed by atoms with Gasteiger partial charge < -0.3 is 9.84 Å². The number of nitrogens with one attached hydrogen (secondary N) is 1. The predicted molar refractivity (Wildman–Crippen MR) is 123 cm³/mol. The van der Waals surface area contributed by atoms with Crippen molar-refractivity contribution in [2.45, 2.75) is 0 Å². The number of nitrogens with zero attached hydrogens (tertiary/aromatic N) is 3. The van der Waals surface area contributed by atoms with Crippen molar-refractivity contribution in [2.75, 3.05) is 5.32 Å². The van der Waals surface area contributed by atoms with Crippen molar-refractivity contribution in [3.05, 3.63) is 81.9 Å².